The molecule has 1 aromatic carbocycles. The summed E-state index contributed by atoms with van der Waals surface area (Å²) in [5, 5.41) is 5.83. The van der Waals surface area contributed by atoms with Crippen molar-refractivity contribution in [2.45, 2.75) is 25.7 Å². The number of amides is 1. The first-order chi connectivity index (χ1) is 12.9. The normalized spacial score (nSPS) is 11.5. The van der Waals surface area contributed by atoms with Crippen molar-refractivity contribution < 1.29 is 28.4 Å². The molecule has 27 heavy (non-hydrogen) atoms. The summed E-state index contributed by atoms with van der Waals surface area (Å²) in [6, 6.07) is 8.17. The average molecular weight is 392 g/mol. The molecule has 0 spiro atoms. The number of methoxy groups -OCH3 is 1. The molecule has 0 bridgehead atoms. The number of carbonyl (C=O) groups is 3. The summed E-state index contributed by atoms with van der Waals surface area (Å²) < 4.78 is 14.7. The molecule has 0 radical (unpaired) electrons. The zero-order chi connectivity index (χ0) is 19.8. The van der Waals surface area contributed by atoms with Gasteiger partial charge in [-0.3, -0.25) is 9.59 Å². The number of aryl methyl sites for hydroxylation is 1. The van der Waals surface area contributed by atoms with Gasteiger partial charge >= 0.3 is 11.9 Å². The van der Waals surface area contributed by atoms with Gasteiger partial charge < -0.3 is 19.3 Å². The highest BCUT2D eigenvalue weighted by atomic mass is 32.2. The number of hydrogen-bond donors (Lipinski definition) is 1. The van der Waals surface area contributed by atoms with Crippen molar-refractivity contribution in [1.29, 1.82) is 0 Å². The first-order valence-corrected chi connectivity index (χ1v) is 9.12. The lowest BCUT2D eigenvalue weighted by Crippen LogP contribution is -2.24. The van der Waals surface area contributed by atoms with E-state index in [9.17, 15) is 14.4 Å². The second kappa shape index (κ2) is 9.77. The lowest BCUT2D eigenvalue weighted by atomic mass is 10.1. The van der Waals surface area contributed by atoms with Crippen LogP contribution in [0.25, 0.3) is 0 Å². The van der Waals surface area contributed by atoms with Gasteiger partial charge in [-0.05, 0) is 31.5 Å². The Morgan fingerprint density at radius 1 is 1.26 bits per heavy atom. The van der Waals surface area contributed by atoms with E-state index in [1.165, 1.54) is 7.11 Å². The SMILES string of the molecule is COC(=O)c1ccc(COC(=O)CS[C@H](C)C(=O)Nc2cc(C)on2)cc1. The third-order valence-electron chi connectivity index (χ3n) is 3.47. The van der Waals surface area contributed by atoms with Gasteiger partial charge in [0.1, 0.15) is 12.4 Å². The molecule has 0 aliphatic rings. The molecule has 1 atom stereocenters. The number of ether oxygens (including phenoxy) is 2. The van der Waals surface area contributed by atoms with E-state index in [0.717, 1.165) is 17.3 Å². The van der Waals surface area contributed by atoms with Crippen LogP contribution in [0.15, 0.2) is 34.9 Å². The number of carbonyl (C=O) groups excluding carboxylic acids is 3. The van der Waals surface area contributed by atoms with Crippen LogP contribution in [0.3, 0.4) is 0 Å². The first-order valence-electron chi connectivity index (χ1n) is 8.07. The molecular formula is C18H20N2O6S. The molecule has 2 rings (SSSR count). The van der Waals surface area contributed by atoms with Crippen molar-refractivity contribution in [1.82, 2.24) is 5.16 Å². The summed E-state index contributed by atoms with van der Waals surface area (Å²) in [7, 11) is 1.31. The van der Waals surface area contributed by atoms with Crippen molar-refractivity contribution in [2.75, 3.05) is 18.2 Å². The third-order valence-corrected chi connectivity index (χ3v) is 4.59. The number of thioether (sulfide) groups is 1. The quantitative estimate of drug-likeness (QED) is 0.683. The minimum absolute atomic E-state index is 0.0344. The second-order valence-corrected chi connectivity index (χ2v) is 6.94. The summed E-state index contributed by atoms with van der Waals surface area (Å²) in [5.41, 5.74) is 1.17. The highest BCUT2D eigenvalue weighted by Gasteiger charge is 2.17. The van der Waals surface area contributed by atoms with E-state index >= 15 is 0 Å². The Kier molecular flexibility index (Phi) is 7.42. The Bertz CT molecular complexity index is 802. The summed E-state index contributed by atoms with van der Waals surface area (Å²) >= 11 is 1.16. The average Bonchev–Trinajstić information content (AvgIpc) is 3.08. The van der Waals surface area contributed by atoms with Crippen LogP contribution in [0.5, 0.6) is 0 Å². The van der Waals surface area contributed by atoms with Crippen molar-refractivity contribution >= 4 is 35.4 Å². The Hall–Kier alpha value is -2.81. The molecule has 9 heteroatoms. The molecule has 1 amide bonds. The summed E-state index contributed by atoms with van der Waals surface area (Å²) in [4.78, 5) is 35.2. The molecule has 144 valence electrons. The molecule has 0 saturated carbocycles. The van der Waals surface area contributed by atoms with Crippen LogP contribution < -0.4 is 5.32 Å². The number of benzene rings is 1. The van der Waals surface area contributed by atoms with E-state index in [0.29, 0.717) is 17.1 Å². The largest absolute Gasteiger partial charge is 0.465 e. The van der Waals surface area contributed by atoms with E-state index < -0.39 is 17.2 Å². The zero-order valence-corrected chi connectivity index (χ0v) is 16.0. The van der Waals surface area contributed by atoms with Gasteiger partial charge in [-0.25, -0.2) is 4.79 Å². The highest BCUT2D eigenvalue weighted by molar-refractivity contribution is 8.01. The minimum Gasteiger partial charge on any atom is -0.465 e. The number of nitrogens with zero attached hydrogens (tertiary/aromatic N) is 1. The maximum atomic E-state index is 12.0. The van der Waals surface area contributed by atoms with Gasteiger partial charge in [0.25, 0.3) is 0 Å². The maximum absolute atomic E-state index is 12.0. The fourth-order valence-electron chi connectivity index (χ4n) is 1.98. The van der Waals surface area contributed by atoms with Crippen LogP contribution in [0, 0.1) is 6.92 Å². The standard InChI is InChI=1S/C18H20N2O6S/c1-11-8-15(20-26-11)19-17(22)12(2)27-10-16(21)25-9-13-4-6-14(7-5-13)18(23)24-3/h4-8,12H,9-10H2,1-3H3,(H,19,20,22)/t12-/m1/s1. The number of anilines is 1. The highest BCUT2D eigenvalue weighted by Crippen LogP contribution is 2.15. The second-order valence-electron chi connectivity index (χ2n) is 5.61. The third kappa shape index (κ3) is 6.45. The number of hydrogen-bond acceptors (Lipinski definition) is 8. The first kappa shape index (κ1) is 20.5. The minimum atomic E-state index is -0.464. The van der Waals surface area contributed by atoms with Crippen molar-refractivity contribution in [3.8, 4) is 0 Å². The van der Waals surface area contributed by atoms with Gasteiger partial charge in [0.15, 0.2) is 5.82 Å². The smallest absolute Gasteiger partial charge is 0.337 e. The summed E-state index contributed by atoms with van der Waals surface area (Å²) in [6.45, 7) is 3.49. The molecular weight excluding hydrogens is 372 g/mol. The lowest BCUT2D eigenvalue weighted by molar-refractivity contribution is -0.141. The predicted molar refractivity (Wildman–Crippen MR) is 99.4 cm³/mol. The van der Waals surface area contributed by atoms with Gasteiger partial charge in [0.05, 0.1) is 23.7 Å². The molecule has 1 heterocycles. The number of nitrogens with one attached hydrogen (secondary N) is 1. The van der Waals surface area contributed by atoms with Gasteiger partial charge in [-0.15, -0.1) is 11.8 Å². The molecule has 8 nitrogen and oxygen atoms in total. The van der Waals surface area contributed by atoms with Crippen LogP contribution in [0.1, 0.15) is 28.6 Å². The Morgan fingerprint density at radius 2 is 1.96 bits per heavy atom. The predicted octanol–water partition coefficient (Wildman–Crippen LogP) is 2.57. The van der Waals surface area contributed by atoms with Gasteiger partial charge in [0.2, 0.25) is 5.91 Å². The monoisotopic (exact) mass is 392 g/mol. The van der Waals surface area contributed by atoms with Crippen LogP contribution in [0.2, 0.25) is 0 Å². The molecule has 0 fully saturated rings. The number of esters is 2. The van der Waals surface area contributed by atoms with Crippen molar-refractivity contribution in [3.63, 3.8) is 0 Å². The molecule has 0 aliphatic carbocycles. The summed E-state index contributed by atoms with van der Waals surface area (Å²) in [6.07, 6.45) is 0. The van der Waals surface area contributed by atoms with Crippen LogP contribution >= 0.6 is 11.8 Å². The topological polar surface area (TPSA) is 108 Å². The van der Waals surface area contributed by atoms with Crippen LogP contribution in [-0.2, 0) is 25.7 Å². The Labute approximate surface area is 160 Å². The molecule has 0 unspecified atom stereocenters. The van der Waals surface area contributed by atoms with E-state index in [1.54, 1.807) is 44.2 Å². The van der Waals surface area contributed by atoms with Gasteiger partial charge in [-0.2, -0.15) is 0 Å². The molecule has 1 N–H and O–H groups in total. The van der Waals surface area contributed by atoms with Crippen molar-refractivity contribution in [2.24, 2.45) is 0 Å². The van der Waals surface area contributed by atoms with Crippen molar-refractivity contribution in [3.05, 3.63) is 47.2 Å². The van der Waals surface area contributed by atoms with E-state index in [4.69, 9.17) is 9.26 Å². The molecule has 0 saturated heterocycles. The summed E-state index contributed by atoms with van der Waals surface area (Å²) in [5.74, 6) is -0.180. The number of rotatable bonds is 8. The Morgan fingerprint density at radius 3 is 2.56 bits per heavy atom. The lowest BCUT2D eigenvalue weighted by Gasteiger charge is -2.10. The molecule has 1 aromatic heterocycles. The van der Waals surface area contributed by atoms with E-state index in [-0.39, 0.29) is 18.3 Å². The molecule has 2 aromatic rings. The van der Waals surface area contributed by atoms with Crippen LogP contribution in [-0.4, -0.2) is 41.1 Å². The van der Waals surface area contributed by atoms with E-state index in [1.807, 2.05) is 0 Å². The van der Waals surface area contributed by atoms with E-state index in [2.05, 4.69) is 15.2 Å². The van der Waals surface area contributed by atoms with Gasteiger partial charge in [0, 0.05) is 6.07 Å². The van der Waals surface area contributed by atoms with Crippen LogP contribution in [0.4, 0.5) is 5.82 Å². The fraction of sp³-hybridized carbons (Fsp3) is 0.333. The fourth-order valence-corrected chi connectivity index (χ4v) is 2.66. The Balaban J connectivity index is 1.72. The maximum Gasteiger partial charge on any atom is 0.337 e. The molecule has 0 aliphatic heterocycles. The van der Waals surface area contributed by atoms with Gasteiger partial charge in [-0.1, -0.05) is 17.3 Å². The number of aromatic nitrogens is 1. The zero-order valence-electron chi connectivity index (χ0n) is 15.2.